The van der Waals surface area contributed by atoms with Gasteiger partial charge in [0.15, 0.2) is 9.84 Å². The van der Waals surface area contributed by atoms with E-state index < -0.39 is 9.84 Å². The summed E-state index contributed by atoms with van der Waals surface area (Å²) in [7, 11) is -3.26. The largest absolute Gasteiger partial charge is 0.232 e. The molecule has 4 nitrogen and oxygen atoms in total. The molecule has 4 rings (SSSR count). The van der Waals surface area contributed by atoms with Gasteiger partial charge in [-0.05, 0) is 68.4 Å². The maximum Gasteiger partial charge on any atom is 0.175 e. The summed E-state index contributed by atoms with van der Waals surface area (Å²) in [6, 6.07) is 22.7. The summed E-state index contributed by atoms with van der Waals surface area (Å²) in [6.07, 6.45) is 1.20. The van der Waals surface area contributed by atoms with Gasteiger partial charge in [-0.15, -0.1) is 0 Å². The SMILES string of the molecule is Cc1cc(C)cc(-c2cc(-c3ccc(Cl)cc3)n(-c3ccc(S(C)(=O)=O)cc3)n2)c1. The molecule has 0 aliphatic rings. The zero-order valence-electron chi connectivity index (χ0n) is 16.9. The Balaban J connectivity index is 1.89. The van der Waals surface area contributed by atoms with Crippen molar-refractivity contribution in [1.82, 2.24) is 9.78 Å². The van der Waals surface area contributed by atoms with E-state index in [-0.39, 0.29) is 4.90 Å². The van der Waals surface area contributed by atoms with Crippen molar-refractivity contribution in [3.8, 4) is 28.2 Å². The lowest BCUT2D eigenvalue weighted by Gasteiger charge is -2.08. The molecule has 0 saturated heterocycles. The number of rotatable bonds is 4. The van der Waals surface area contributed by atoms with Gasteiger partial charge in [-0.3, -0.25) is 0 Å². The van der Waals surface area contributed by atoms with Gasteiger partial charge in [-0.1, -0.05) is 40.9 Å². The highest BCUT2D eigenvalue weighted by molar-refractivity contribution is 7.90. The van der Waals surface area contributed by atoms with Gasteiger partial charge in [-0.2, -0.15) is 5.10 Å². The van der Waals surface area contributed by atoms with Crippen molar-refractivity contribution in [1.29, 1.82) is 0 Å². The minimum atomic E-state index is -3.26. The van der Waals surface area contributed by atoms with Crippen LogP contribution in [0.25, 0.3) is 28.2 Å². The molecule has 0 atom stereocenters. The molecule has 0 N–H and O–H groups in total. The van der Waals surface area contributed by atoms with Gasteiger partial charge in [0.1, 0.15) is 0 Å². The molecule has 0 fully saturated rings. The van der Waals surface area contributed by atoms with Crippen LogP contribution in [0.5, 0.6) is 0 Å². The van der Waals surface area contributed by atoms with E-state index in [2.05, 4.69) is 32.0 Å². The number of aryl methyl sites for hydroxylation is 2. The molecule has 0 amide bonds. The minimum Gasteiger partial charge on any atom is -0.232 e. The second-order valence-corrected chi connectivity index (χ2v) is 9.93. The van der Waals surface area contributed by atoms with Gasteiger partial charge in [0.25, 0.3) is 0 Å². The number of hydrogen-bond acceptors (Lipinski definition) is 3. The van der Waals surface area contributed by atoms with Crippen molar-refractivity contribution in [2.75, 3.05) is 6.26 Å². The predicted octanol–water partition coefficient (Wildman–Crippen LogP) is 5.88. The monoisotopic (exact) mass is 436 g/mol. The van der Waals surface area contributed by atoms with Crippen molar-refractivity contribution >= 4 is 21.4 Å². The van der Waals surface area contributed by atoms with E-state index in [1.807, 2.05) is 35.0 Å². The van der Waals surface area contributed by atoms with Crippen molar-refractivity contribution in [3.05, 3.63) is 88.9 Å². The fourth-order valence-electron chi connectivity index (χ4n) is 3.50. The highest BCUT2D eigenvalue weighted by atomic mass is 35.5. The Morgan fingerprint density at radius 3 is 1.97 bits per heavy atom. The first-order valence-corrected chi connectivity index (χ1v) is 11.7. The average Bonchev–Trinajstić information content (AvgIpc) is 3.13. The van der Waals surface area contributed by atoms with Gasteiger partial charge in [0.2, 0.25) is 0 Å². The van der Waals surface area contributed by atoms with Crippen LogP contribution in [0.2, 0.25) is 5.02 Å². The molecule has 0 aliphatic carbocycles. The molecule has 30 heavy (non-hydrogen) atoms. The third-order valence-electron chi connectivity index (χ3n) is 4.88. The first kappa shape index (κ1) is 20.4. The molecule has 1 heterocycles. The molecule has 6 heteroatoms. The van der Waals surface area contributed by atoms with Crippen LogP contribution in [0, 0.1) is 13.8 Å². The van der Waals surface area contributed by atoms with Gasteiger partial charge in [0, 0.05) is 22.4 Å². The number of halogens is 1. The maximum absolute atomic E-state index is 11.8. The van der Waals surface area contributed by atoms with E-state index in [1.165, 1.54) is 17.4 Å². The molecular formula is C24H21ClN2O2S. The van der Waals surface area contributed by atoms with E-state index in [4.69, 9.17) is 16.7 Å². The minimum absolute atomic E-state index is 0.279. The standard InChI is InChI=1S/C24H21ClN2O2S/c1-16-12-17(2)14-19(13-16)23-15-24(18-4-6-20(25)7-5-18)27(26-23)21-8-10-22(11-9-21)30(3,28)29/h4-15H,1-3H3. The van der Waals surface area contributed by atoms with Crippen LogP contribution in [0.3, 0.4) is 0 Å². The number of nitrogens with zero attached hydrogens (tertiary/aromatic N) is 2. The number of benzene rings is 3. The van der Waals surface area contributed by atoms with Crippen molar-refractivity contribution in [2.24, 2.45) is 0 Å². The summed E-state index contributed by atoms with van der Waals surface area (Å²) in [5, 5.41) is 5.52. The van der Waals surface area contributed by atoms with Crippen molar-refractivity contribution < 1.29 is 8.42 Å². The predicted molar refractivity (Wildman–Crippen MR) is 122 cm³/mol. The molecule has 0 aliphatic heterocycles. The van der Waals surface area contributed by atoms with Crippen molar-refractivity contribution in [3.63, 3.8) is 0 Å². The third-order valence-corrected chi connectivity index (χ3v) is 6.26. The van der Waals surface area contributed by atoms with Gasteiger partial charge in [-0.25, -0.2) is 13.1 Å². The fraction of sp³-hybridized carbons (Fsp3) is 0.125. The fourth-order valence-corrected chi connectivity index (χ4v) is 4.26. The summed E-state index contributed by atoms with van der Waals surface area (Å²) in [5.74, 6) is 0. The lowest BCUT2D eigenvalue weighted by atomic mass is 10.0. The zero-order valence-corrected chi connectivity index (χ0v) is 18.5. The topological polar surface area (TPSA) is 52.0 Å². The van der Waals surface area contributed by atoms with E-state index in [0.717, 1.165) is 28.2 Å². The van der Waals surface area contributed by atoms with E-state index in [0.29, 0.717) is 5.02 Å². The van der Waals surface area contributed by atoms with Crippen LogP contribution in [0.1, 0.15) is 11.1 Å². The number of sulfone groups is 1. The van der Waals surface area contributed by atoms with Gasteiger partial charge >= 0.3 is 0 Å². The van der Waals surface area contributed by atoms with Gasteiger partial charge < -0.3 is 0 Å². The van der Waals surface area contributed by atoms with Crippen LogP contribution in [0.15, 0.2) is 77.7 Å². The van der Waals surface area contributed by atoms with Crippen LogP contribution < -0.4 is 0 Å². The summed E-state index contributed by atoms with van der Waals surface area (Å²) in [4.78, 5) is 0.279. The third kappa shape index (κ3) is 4.18. The number of hydrogen-bond donors (Lipinski definition) is 0. The molecule has 0 radical (unpaired) electrons. The molecule has 3 aromatic carbocycles. The Hall–Kier alpha value is -2.89. The molecule has 0 unspecified atom stereocenters. The lowest BCUT2D eigenvalue weighted by Crippen LogP contribution is -2.01. The van der Waals surface area contributed by atoms with E-state index >= 15 is 0 Å². The first-order chi connectivity index (χ1) is 14.2. The van der Waals surface area contributed by atoms with Crippen LogP contribution in [-0.4, -0.2) is 24.5 Å². The van der Waals surface area contributed by atoms with Crippen LogP contribution >= 0.6 is 11.6 Å². The lowest BCUT2D eigenvalue weighted by molar-refractivity contribution is 0.602. The Labute approximate surface area is 181 Å². The second kappa shape index (κ2) is 7.74. The Morgan fingerprint density at radius 1 is 0.800 bits per heavy atom. The zero-order chi connectivity index (χ0) is 21.5. The van der Waals surface area contributed by atoms with Crippen molar-refractivity contribution in [2.45, 2.75) is 18.7 Å². The van der Waals surface area contributed by atoms with Crippen LogP contribution in [0.4, 0.5) is 0 Å². The van der Waals surface area contributed by atoms with Gasteiger partial charge in [0.05, 0.1) is 22.0 Å². The quantitative estimate of drug-likeness (QED) is 0.401. The molecule has 1 aromatic heterocycles. The normalized spacial score (nSPS) is 11.6. The highest BCUT2D eigenvalue weighted by Gasteiger charge is 2.15. The second-order valence-electron chi connectivity index (χ2n) is 7.48. The molecule has 0 spiro atoms. The average molecular weight is 437 g/mol. The first-order valence-electron chi connectivity index (χ1n) is 9.46. The highest BCUT2D eigenvalue weighted by Crippen LogP contribution is 2.30. The molecule has 4 aromatic rings. The molecule has 0 saturated carbocycles. The molecular weight excluding hydrogens is 416 g/mol. The Bertz CT molecular complexity index is 1300. The summed E-state index contributed by atoms with van der Waals surface area (Å²) in [6.45, 7) is 4.13. The van der Waals surface area contributed by atoms with Crippen LogP contribution in [-0.2, 0) is 9.84 Å². The summed E-state index contributed by atoms with van der Waals surface area (Å²) in [5.41, 5.74) is 6.87. The van der Waals surface area contributed by atoms with E-state index in [9.17, 15) is 8.42 Å². The Morgan fingerprint density at radius 2 is 1.40 bits per heavy atom. The van der Waals surface area contributed by atoms with E-state index in [1.54, 1.807) is 24.3 Å². The maximum atomic E-state index is 11.8. The summed E-state index contributed by atoms with van der Waals surface area (Å²) < 4.78 is 25.5. The molecule has 152 valence electrons. The summed E-state index contributed by atoms with van der Waals surface area (Å²) >= 11 is 6.07. The number of aromatic nitrogens is 2. The molecule has 0 bridgehead atoms. The Kier molecular flexibility index (Phi) is 5.26. The smallest absolute Gasteiger partial charge is 0.175 e.